The molecule has 1 heterocycles. The summed E-state index contributed by atoms with van der Waals surface area (Å²) in [5.74, 6) is -1.61. The molecule has 0 aliphatic heterocycles. The van der Waals surface area contributed by atoms with Gasteiger partial charge in [0.25, 0.3) is 0 Å². The molecular weight excluding hydrogens is 256 g/mol. The molecule has 2 N–H and O–H groups in total. The minimum atomic E-state index is -0.856. The highest BCUT2D eigenvalue weighted by atomic mass is 16.4. The normalized spacial score (nSPS) is 25.4. The molecule has 5 nitrogen and oxygen atoms in total. The monoisotopic (exact) mass is 276 g/mol. The van der Waals surface area contributed by atoms with Gasteiger partial charge in [0.05, 0.1) is 11.8 Å². The highest BCUT2D eigenvalue weighted by Gasteiger charge is 2.41. The van der Waals surface area contributed by atoms with Gasteiger partial charge in [-0.15, -0.1) is 0 Å². The molecule has 0 radical (unpaired) electrons. The summed E-state index contributed by atoms with van der Waals surface area (Å²) in [6, 6.07) is 3.66. The smallest absolute Gasteiger partial charge is 0.307 e. The third-order valence-corrected chi connectivity index (χ3v) is 4.11. The molecule has 1 fully saturated rings. The Bertz CT molecular complexity index is 475. The minimum Gasteiger partial charge on any atom is -0.481 e. The molecule has 3 unspecified atom stereocenters. The van der Waals surface area contributed by atoms with Gasteiger partial charge in [-0.3, -0.25) is 14.6 Å². The number of nitrogens with zero attached hydrogens (tertiary/aromatic N) is 1. The molecule has 0 aromatic carbocycles. The third kappa shape index (κ3) is 3.35. The van der Waals surface area contributed by atoms with Crippen molar-refractivity contribution in [1.29, 1.82) is 0 Å². The fourth-order valence-electron chi connectivity index (χ4n) is 2.86. The zero-order valence-corrected chi connectivity index (χ0v) is 11.6. The average Bonchev–Trinajstić information content (AvgIpc) is 2.90. The van der Waals surface area contributed by atoms with Crippen molar-refractivity contribution < 1.29 is 14.7 Å². The van der Waals surface area contributed by atoms with Crippen LogP contribution < -0.4 is 5.32 Å². The maximum Gasteiger partial charge on any atom is 0.307 e. The number of nitrogens with one attached hydrogen (secondary N) is 1. The lowest BCUT2D eigenvalue weighted by atomic mass is 9.95. The van der Waals surface area contributed by atoms with Crippen LogP contribution in [-0.2, 0) is 16.1 Å². The molecule has 108 valence electrons. The highest BCUT2D eigenvalue weighted by molar-refractivity contribution is 5.85. The highest BCUT2D eigenvalue weighted by Crippen LogP contribution is 2.38. The molecule has 1 aliphatic carbocycles. The predicted molar refractivity (Wildman–Crippen MR) is 73.7 cm³/mol. The van der Waals surface area contributed by atoms with E-state index in [0.717, 1.165) is 12.0 Å². The molecule has 3 atom stereocenters. The van der Waals surface area contributed by atoms with E-state index >= 15 is 0 Å². The number of carbonyl (C=O) groups is 2. The molecular formula is C15H20N2O3. The number of hydrogen-bond acceptors (Lipinski definition) is 3. The second-order valence-corrected chi connectivity index (χ2v) is 5.37. The number of carboxylic acid groups (broad SMARTS) is 1. The Morgan fingerprint density at radius 1 is 1.30 bits per heavy atom. The minimum absolute atomic E-state index is 0.148. The largest absolute Gasteiger partial charge is 0.481 e. The topological polar surface area (TPSA) is 79.3 Å². The number of amides is 1. The van der Waals surface area contributed by atoms with Crippen LogP contribution in [0, 0.1) is 17.8 Å². The van der Waals surface area contributed by atoms with E-state index in [4.69, 9.17) is 0 Å². The summed E-state index contributed by atoms with van der Waals surface area (Å²) < 4.78 is 0. The molecule has 1 aromatic heterocycles. The second kappa shape index (κ2) is 6.50. The Hall–Kier alpha value is -1.91. The summed E-state index contributed by atoms with van der Waals surface area (Å²) in [4.78, 5) is 27.4. The van der Waals surface area contributed by atoms with Crippen LogP contribution in [0.1, 0.15) is 31.7 Å². The Kier molecular flexibility index (Phi) is 4.71. The van der Waals surface area contributed by atoms with E-state index in [1.54, 1.807) is 12.4 Å². The lowest BCUT2D eigenvalue weighted by Gasteiger charge is -2.15. The number of carboxylic acids is 1. The van der Waals surface area contributed by atoms with Gasteiger partial charge in [-0.1, -0.05) is 13.3 Å². The zero-order chi connectivity index (χ0) is 14.5. The first-order chi connectivity index (χ1) is 9.61. The van der Waals surface area contributed by atoms with Gasteiger partial charge in [-0.25, -0.2) is 0 Å². The van der Waals surface area contributed by atoms with Crippen LogP contribution in [0.15, 0.2) is 24.5 Å². The van der Waals surface area contributed by atoms with Crippen molar-refractivity contribution in [2.24, 2.45) is 17.8 Å². The third-order valence-electron chi connectivity index (χ3n) is 4.11. The molecule has 0 spiro atoms. The first kappa shape index (κ1) is 14.5. The number of rotatable bonds is 5. The summed E-state index contributed by atoms with van der Waals surface area (Å²) in [5, 5.41) is 12.1. The van der Waals surface area contributed by atoms with E-state index in [0.29, 0.717) is 25.3 Å². The Labute approximate surface area is 118 Å². The standard InChI is InChI=1S/C15H20N2O3/c1-2-10-7-12(13(8-10)15(19)20)14(18)17-9-11-3-5-16-6-4-11/h3-6,10,12-13H,2,7-9H2,1H3,(H,17,18)(H,19,20). The van der Waals surface area contributed by atoms with E-state index in [1.165, 1.54) is 0 Å². The zero-order valence-electron chi connectivity index (χ0n) is 11.6. The molecule has 20 heavy (non-hydrogen) atoms. The van der Waals surface area contributed by atoms with Gasteiger partial charge in [0.1, 0.15) is 0 Å². The molecule has 1 saturated carbocycles. The van der Waals surface area contributed by atoms with Crippen molar-refractivity contribution >= 4 is 11.9 Å². The van der Waals surface area contributed by atoms with Crippen LogP contribution in [-0.4, -0.2) is 22.0 Å². The van der Waals surface area contributed by atoms with Crippen LogP contribution in [0.2, 0.25) is 0 Å². The van der Waals surface area contributed by atoms with Gasteiger partial charge in [-0.2, -0.15) is 0 Å². The quantitative estimate of drug-likeness (QED) is 0.860. The molecule has 0 bridgehead atoms. The van der Waals surface area contributed by atoms with Crippen LogP contribution >= 0.6 is 0 Å². The first-order valence-electron chi connectivity index (χ1n) is 7.01. The second-order valence-electron chi connectivity index (χ2n) is 5.37. The van der Waals surface area contributed by atoms with Gasteiger partial charge in [0, 0.05) is 18.9 Å². The van der Waals surface area contributed by atoms with E-state index in [-0.39, 0.29) is 5.91 Å². The van der Waals surface area contributed by atoms with E-state index in [2.05, 4.69) is 10.3 Å². The summed E-state index contributed by atoms with van der Waals surface area (Å²) in [5.41, 5.74) is 0.963. The maximum absolute atomic E-state index is 12.2. The van der Waals surface area contributed by atoms with Crippen molar-refractivity contribution in [2.45, 2.75) is 32.7 Å². The average molecular weight is 276 g/mol. The number of carbonyl (C=O) groups excluding carboxylic acids is 1. The number of pyridine rings is 1. The summed E-state index contributed by atoms with van der Waals surface area (Å²) in [6.45, 7) is 2.46. The molecule has 1 amide bonds. The fourth-order valence-corrected chi connectivity index (χ4v) is 2.86. The van der Waals surface area contributed by atoms with Gasteiger partial charge >= 0.3 is 5.97 Å². The van der Waals surface area contributed by atoms with Gasteiger partial charge in [0.15, 0.2) is 0 Å². The van der Waals surface area contributed by atoms with Crippen LogP contribution in [0.25, 0.3) is 0 Å². The molecule has 1 aliphatic rings. The molecule has 0 saturated heterocycles. The molecule has 1 aromatic rings. The maximum atomic E-state index is 12.2. The van der Waals surface area contributed by atoms with Crippen molar-refractivity contribution in [3.05, 3.63) is 30.1 Å². The lowest BCUT2D eigenvalue weighted by Crippen LogP contribution is -2.34. The summed E-state index contributed by atoms with van der Waals surface area (Å²) in [7, 11) is 0. The van der Waals surface area contributed by atoms with Crippen LogP contribution in [0.5, 0.6) is 0 Å². The SMILES string of the molecule is CCC1CC(C(=O)O)C(C(=O)NCc2ccncc2)C1. The Morgan fingerprint density at radius 2 is 1.95 bits per heavy atom. The molecule has 2 rings (SSSR count). The Morgan fingerprint density at radius 3 is 2.55 bits per heavy atom. The summed E-state index contributed by atoms with van der Waals surface area (Å²) in [6.07, 6.45) is 5.56. The van der Waals surface area contributed by atoms with E-state index < -0.39 is 17.8 Å². The van der Waals surface area contributed by atoms with Crippen molar-refractivity contribution in [3.63, 3.8) is 0 Å². The van der Waals surface area contributed by atoms with E-state index in [1.807, 2.05) is 19.1 Å². The summed E-state index contributed by atoms with van der Waals surface area (Å²) >= 11 is 0. The van der Waals surface area contributed by atoms with Crippen LogP contribution in [0.3, 0.4) is 0 Å². The van der Waals surface area contributed by atoms with Gasteiger partial charge in [0.2, 0.25) is 5.91 Å². The van der Waals surface area contributed by atoms with Gasteiger partial charge < -0.3 is 10.4 Å². The predicted octanol–water partition coefficient (Wildman–Crippen LogP) is 1.83. The van der Waals surface area contributed by atoms with Crippen molar-refractivity contribution in [2.75, 3.05) is 0 Å². The fraction of sp³-hybridized carbons (Fsp3) is 0.533. The number of hydrogen-bond donors (Lipinski definition) is 2. The van der Waals surface area contributed by atoms with Gasteiger partial charge in [-0.05, 0) is 36.5 Å². The first-order valence-corrected chi connectivity index (χ1v) is 7.01. The number of aromatic nitrogens is 1. The van der Waals surface area contributed by atoms with E-state index in [9.17, 15) is 14.7 Å². The number of aliphatic carboxylic acids is 1. The molecule has 5 heteroatoms. The van der Waals surface area contributed by atoms with Crippen molar-refractivity contribution in [1.82, 2.24) is 10.3 Å². The van der Waals surface area contributed by atoms with Crippen LogP contribution in [0.4, 0.5) is 0 Å². The van der Waals surface area contributed by atoms with Crippen molar-refractivity contribution in [3.8, 4) is 0 Å². The Balaban J connectivity index is 1.95. The lowest BCUT2D eigenvalue weighted by molar-refractivity contribution is -0.146.